The second kappa shape index (κ2) is 10.7. The molecule has 0 bridgehead atoms. The number of anilines is 2. The fourth-order valence-corrected chi connectivity index (χ4v) is 2.50. The normalized spacial score (nSPS) is 10.8. The van der Waals surface area contributed by atoms with Gasteiger partial charge in [-0.3, -0.25) is 4.79 Å². The molecule has 0 fully saturated rings. The molecule has 1 amide bonds. The summed E-state index contributed by atoms with van der Waals surface area (Å²) in [6.45, 7) is 10.3. The lowest BCUT2D eigenvalue weighted by Crippen LogP contribution is -2.37. The highest BCUT2D eigenvalue weighted by molar-refractivity contribution is 7.81. The van der Waals surface area contributed by atoms with Gasteiger partial charge in [0.15, 0.2) is 0 Å². The first-order valence-electron chi connectivity index (χ1n) is 8.04. The van der Waals surface area contributed by atoms with E-state index in [2.05, 4.69) is 11.9 Å². The average molecular weight is 346 g/mol. The zero-order valence-corrected chi connectivity index (χ0v) is 15.4. The van der Waals surface area contributed by atoms with Gasteiger partial charge in [0.2, 0.25) is 5.91 Å². The predicted molar refractivity (Wildman–Crippen MR) is 106 cm³/mol. The number of nitrogens with one attached hydrogen (secondary N) is 1. The second-order valence-corrected chi connectivity index (χ2v) is 5.95. The number of rotatable bonds is 9. The van der Waals surface area contributed by atoms with Crippen molar-refractivity contribution in [2.75, 3.05) is 23.4 Å². The van der Waals surface area contributed by atoms with Gasteiger partial charge in [-0.1, -0.05) is 30.4 Å². The van der Waals surface area contributed by atoms with Crippen molar-refractivity contribution in [3.8, 4) is 0 Å². The molecule has 0 aromatic heterocycles. The maximum atomic E-state index is 12.5. The molecule has 1 N–H and O–H groups in total. The van der Waals surface area contributed by atoms with Crippen LogP contribution in [0.3, 0.4) is 0 Å². The van der Waals surface area contributed by atoms with Crippen LogP contribution in [0.25, 0.3) is 0 Å². The number of carbonyl (C=O) groups is 1. The van der Waals surface area contributed by atoms with Gasteiger partial charge in [-0.2, -0.15) is 0 Å². The summed E-state index contributed by atoms with van der Waals surface area (Å²) in [5.41, 5.74) is 1.70. The Labute approximate surface area is 150 Å². The molecule has 0 aliphatic carbocycles. The summed E-state index contributed by atoms with van der Waals surface area (Å²) in [7, 11) is 0. The first-order chi connectivity index (χ1) is 11.5. The Bertz CT molecular complexity index is 597. The van der Waals surface area contributed by atoms with Crippen LogP contribution in [0.5, 0.6) is 0 Å². The fraction of sp³-hybridized carbons (Fsp3) is 0.368. The van der Waals surface area contributed by atoms with E-state index in [-0.39, 0.29) is 11.9 Å². The third-order valence-electron chi connectivity index (χ3n) is 3.19. The summed E-state index contributed by atoms with van der Waals surface area (Å²) in [4.78, 5) is 15.0. The quantitative estimate of drug-likeness (QED) is 0.313. The fourth-order valence-electron chi connectivity index (χ4n) is 2.25. The number of hydrogen-bond donors (Lipinski definition) is 1. The molecule has 5 heteroatoms. The lowest BCUT2D eigenvalue weighted by atomic mass is 10.2. The topological polar surface area (TPSA) is 41.6 Å². The average Bonchev–Trinajstić information content (AvgIpc) is 2.52. The van der Waals surface area contributed by atoms with Crippen LogP contribution in [0.1, 0.15) is 27.2 Å². The molecule has 0 saturated heterocycles. The minimum Gasteiger partial charge on any atom is -0.377 e. The molecule has 24 heavy (non-hydrogen) atoms. The molecule has 0 radical (unpaired) electrons. The summed E-state index contributed by atoms with van der Waals surface area (Å²) >= 11 is 5.23. The number of ether oxygens (including phenoxy) is 1. The van der Waals surface area contributed by atoms with Gasteiger partial charge in [-0.15, -0.1) is 6.58 Å². The predicted octanol–water partition coefficient (Wildman–Crippen LogP) is 4.34. The smallest absolute Gasteiger partial charge is 0.229 e. The second-order valence-electron chi connectivity index (χ2n) is 5.51. The molecule has 0 unspecified atom stereocenters. The van der Waals surface area contributed by atoms with Crippen molar-refractivity contribution in [1.29, 1.82) is 0 Å². The maximum Gasteiger partial charge on any atom is 0.229 e. The van der Waals surface area contributed by atoms with Crippen molar-refractivity contribution in [3.63, 3.8) is 0 Å². The molecule has 1 aromatic carbocycles. The zero-order valence-electron chi connectivity index (χ0n) is 14.6. The first-order valence-corrected chi connectivity index (χ1v) is 8.44. The van der Waals surface area contributed by atoms with Crippen LogP contribution in [0.15, 0.2) is 49.1 Å². The van der Waals surface area contributed by atoms with Crippen molar-refractivity contribution in [3.05, 3.63) is 49.1 Å². The van der Waals surface area contributed by atoms with Crippen LogP contribution in [0.2, 0.25) is 0 Å². The molecular formula is C19H26N2O2S. The summed E-state index contributed by atoms with van der Waals surface area (Å²) in [6, 6.07) is 7.74. The van der Waals surface area contributed by atoms with Crippen molar-refractivity contribution in [2.45, 2.75) is 33.2 Å². The maximum absolute atomic E-state index is 12.5. The largest absolute Gasteiger partial charge is 0.377 e. The molecule has 0 heterocycles. The van der Waals surface area contributed by atoms with Crippen LogP contribution >= 0.6 is 12.2 Å². The molecule has 0 atom stereocenters. The molecular weight excluding hydrogens is 320 g/mol. The van der Waals surface area contributed by atoms with E-state index in [1.54, 1.807) is 11.0 Å². The highest BCUT2D eigenvalue weighted by atomic mass is 32.1. The van der Waals surface area contributed by atoms with Crippen LogP contribution in [-0.2, 0) is 9.53 Å². The Balaban J connectivity index is 2.86. The number of allylic oxidation sites excluding steroid dienone is 1. The molecule has 1 rings (SSSR count). The minimum absolute atomic E-state index is 0.0299. The number of amides is 1. The van der Waals surface area contributed by atoms with Crippen molar-refractivity contribution < 1.29 is 9.53 Å². The van der Waals surface area contributed by atoms with E-state index in [1.165, 1.54) is 0 Å². The van der Waals surface area contributed by atoms with Crippen LogP contribution in [0, 0.1) is 0 Å². The van der Waals surface area contributed by atoms with Crippen LogP contribution in [-0.4, -0.2) is 30.2 Å². The SMILES string of the molecule is C=CCOCCC(=O)N(c1cccc(NC(=S)/C=C/C)c1)C(C)C. The number of carbonyl (C=O) groups excluding carboxylic acids is 1. The van der Waals surface area contributed by atoms with Crippen molar-refractivity contribution >= 4 is 34.5 Å². The third kappa shape index (κ3) is 6.64. The monoisotopic (exact) mass is 346 g/mol. The summed E-state index contributed by atoms with van der Waals surface area (Å²) < 4.78 is 5.32. The highest BCUT2D eigenvalue weighted by Crippen LogP contribution is 2.22. The Kier molecular flexibility index (Phi) is 8.97. The number of thiocarbonyl (C=S) groups is 1. The van der Waals surface area contributed by atoms with Gasteiger partial charge in [0.1, 0.15) is 4.99 Å². The summed E-state index contributed by atoms with van der Waals surface area (Å²) in [5, 5.41) is 3.15. The van der Waals surface area contributed by atoms with Gasteiger partial charge in [0.25, 0.3) is 0 Å². The molecule has 4 nitrogen and oxygen atoms in total. The Hall–Kier alpha value is -1.98. The Morgan fingerprint density at radius 2 is 2.21 bits per heavy atom. The minimum atomic E-state index is 0.0299. The molecule has 130 valence electrons. The third-order valence-corrected chi connectivity index (χ3v) is 3.43. The van der Waals surface area contributed by atoms with E-state index in [1.807, 2.05) is 57.2 Å². The molecule has 0 aliphatic rings. The summed E-state index contributed by atoms with van der Waals surface area (Å²) in [5.74, 6) is 0.0299. The van der Waals surface area contributed by atoms with E-state index in [0.29, 0.717) is 24.6 Å². The molecule has 0 spiro atoms. The van der Waals surface area contributed by atoms with Gasteiger partial charge in [0, 0.05) is 17.4 Å². The van der Waals surface area contributed by atoms with E-state index >= 15 is 0 Å². The van der Waals surface area contributed by atoms with Gasteiger partial charge in [-0.25, -0.2) is 0 Å². The van der Waals surface area contributed by atoms with E-state index in [9.17, 15) is 4.79 Å². The number of nitrogens with zero attached hydrogens (tertiary/aromatic N) is 1. The highest BCUT2D eigenvalue weighted by Gasteiger charge is 2.19. The van der Waals surface area contributed by atoms with E-state index in [4.69, 9.17) is 17.0 Å². The summed E-state index contributed by atoms with van der Waals surface area (Å²) in [6.07, 6.45) is 5.71. The van der Waals surface area contributed by atoms with Gasteiger partial charge >= 0.3 is 0 Å². The van der Waals surface area contributed by atoms with Crippen LogP contribution < -0.4 is 10.2 Å². The Morgan fingerprint density at radius 3 is 2.83 bits per heavy atom. The standard InChI is InChI=1S/C19H26N2O2S/c1-5-8-18(24)20-16-9-7-10-17(14-16)21(15(3)4)19(22)11-13-23-12-6-2/h5-10,14-15H,2,11-13H2,1,3-4H3,(H,20,24)/b8-5+. The van der Waals surface area contributed by atoms with Gasteiger partial charge in [-0.05, 0) is 45.0 Å². The molecule has 0 aliphatic heterocycles. The first kappa shape index (κ1) is 20.1. The number of hydrogen-bond acceptors (Lipinski definition) is 3. The van der Waals surface area contributed by atoms with Gasteiger partial charge < -0.3 is 15.0 Å². The zero-order chi connectivity index (χ0) is 17.9. The number of benzene rings is 1. The molecule has 1 aromatic rings. The van der Waals surface area contributed by atoms with E-state index in [0.717, 1.165) is 11.4 Å². The lowest BCUT2D eigenvalue weighted by molar-refractivity contribution is -0.119. The van der Waals surface area contributed by atoms with E-state index < -0.39 is 0 Å². The molecule has 0 saturated carbocycles. The Morgan fingerprint density at radius 1 is 1.46 bits per heavy atom. The lowest BCUT2D eigenvalue weighted by Gasteiger charge is -2.27. The van der Waals surface area contributed by atoms with Crippen molar-refractivity contribution in [1.82, 2.24) is 0 Å². The van der Waals surface area contributed by atoms with Crippen molar-refractivity contribution in [2.24, 2.45) is 0 Å². The van der Waals surface area contributed by atoms with Crippen LogP contribution in [0.4, 0.5) is 11.4 Å². The van der Waals surface area contributed by atoms with Gasteiger partial charge in [0.05, 0.1) is 19.6 Å².